The lowest BCUT2D eigenvalue weighted by molar-refractivity contribution is 0.409. The minimum Gasteiger partial charge on any atom is -0.507 e. The fraction of sp³-hybridized carbons (Fsp3) is 0.172. The first-order valence-electron chi connectivity index (χ1n) is 11.1. The number of hydrogen-bond donors (Lipinski definition) is 3. The molecule has 0 atom stereocenters. The van der Waals surface area contributed by atoms with Crippen molar-refractivity contribution in [3.05, 3.63) is 94.5 Å². The molecule has 0 aliphatic carbocycles. The van der Waals surface area contributed by atoms with Crippen molar-refractivity contribution in [3.63, 3.8) is 0 Å². The maximum absolute atomic E-state index is 10.7. The Balaban J connectivity index is 1.97. The Hall–Kier alpha value is -4.12. The molecule has 0 saturated heterocycles. The zero-order valence-corrected chi connectivity index (χ0v) is 20.0. The van der Waals surface area contributed by atoms with Gasteiger partial charge in [-0.1, -0.05) is 36.4 Å². The van der Waals surface area contributed by atoms with Crippen molar-refractivity contribution in [2.75, 3.05) is 4.90 Å². The number of phenolic OH excluding ortho intramolecular Hbond substituents is 3. The molecule has 0 radical (unpaired) electrons. The van der Waals surface area contributed by atoms with Gasteiger partial charge in [-0.2, -0.15) is 0 Å². The summed E-state index contributed by atoms with van der Waals surface area (Å²) in [6, 6.07) is 20.5. The molecule has 174 valence electrons. The zero-order chi connectivity index (χ0) is 24.6. The molecule has 0 aliphatic rings. The number of phenols is 3. The van der Waals surface area contributed by atoms with Crippen LogP contribution in [0, 0.1) is 34.6 Å². The lowest BCUT2D eigenvalue weighted by Crippen LogP contribution is -2.14. The van der Waals surface area contributed by atoms with Crippen molar-refractivity contribution < 1.29 is 20.1 Å². The Morgan fingerprint density at radius 2 is 1.00 bits per heavy atom. The van der Waals surface area contributed by atoms with Crippen molar-refractivity contribution in [2.24, 2.45) is 0 Å². The highest BCUT2D eigenvalue weighted by molar-refractivity contribution is 5.85. The highest BCUT2D eigenvalue weighted by Crippen LogP contribution is 2.47. The maximum Gasteiger partial charge on any atom is 0.169 e. The van der Waals surface area contributed by atoms with E-state index in [1.54, 1.807) is 6.07 Å². The van der Waals surface area contributed by atoms with Crippen molar-refractivity contribution in [3.8, 4) is 28.7 Å². The Morgan fingerprint density at radius 1 is 0.500 bits per heavy atom. The second kappa shape index (κ2) is 9.02. The summed E-state index contributed by atoms with van der Waals surface area (Å²) in [5.74, 6) is 1.37. The molecule has 4 aromatic rings. The first-order valence-corrected chi connectivity index (χ1v) is 11.1. The largest absolute Gasteiger partial charge is 0.507 e. The SMILES string of the molecule is Cc1cccc(Oc2ccccc2N(c2ccc(C)c(O)c2C)c2ccc(C)c(O)c2C)c1O. The Kier molecular flexibility index (Phi) is 6.12. The van der Waals surface area contributed by atoms with Crippen molar-refractivity contribution in [2.45, 2.75) is 34.6 Å². The number of ether oxygens (including phenoxy) is 1. The van der Waals surface area contributed by atoms with Crippen LogP contribution in [0.3, 0.4) is 0 Å². The molecule has 0 heterocycles. The van der Waals surface area contributed by atoms with Gasteiger partial charge in [0, 0.05) is 11.1 Å². The summed E-state index contributed by atoms with van der Waals surface area (Å²) in [5, 5.41) is 32.0. The van der Waals surface area contributed by atoms with Gasteiger partial charge in [-0.05, 0) is 81.6 Å². The number of aromatic hydroxyl groups is 3. The van der Waals surface area contributed by atoms with Crippen LogP contribution in [-0.4, -0.2) is 15.3 Å². The van der Waals surface area contributed by atoms with E-state index < -0.39 is 0 Å². The number of aryl methyl sites for hydroxylation is 3. The molecule has 0 saturated carbocycles. The Morgan fingerprint density at radius 3 is 1.59 bits per heavy atom. The van der Waals surface area contributed by atoms with E-state index in [2.05, 4.69) is 0 Å². The Labute approximate surface area is 200 Å². The minimum absolute atomic E-state index is 0.0807. The van der Waals surface area contributed by atoms with Crippen LogP contribution < -0.4 is 9.64 Å². The van der Waals surface area contributed by atoms with Gasteiger partial charge in [0.25, 0.3) is 0 Å². The zero-order valence-electron chi connectivity index (χ0n) is 20.0. The normalized spacial score (nSPS) is 10.9. The molecule has 0 unspecified atom stereocenters. The van der Waals surface area contributed by atoms with Gasteiger partial charge in [0.1, 0.15) is 11.5 Å². The van der Waals surface area contributed by atoms with Gasteiger partial charge in [-0.25, -0.2) is 0 Å². The van der Waals surface area contributed by atoms with Crippen LogP contribution in [0.5, 0.6) is 28.7 Å². The van der Waals surface area contributed by atoms with Crippen molar-refractivity contribution >= 4 is 17.1 Å². The molecule has 0 spiro atoms. The van der Waals surface area contributed by atoms with E-state index in [1.165, 1.54) is 0 Å². The third-order valence-electron chi connectivity index (χ3n) is 6.22. The molecule has 0 aliphatic heterocycles. The summed E-state index contributed by atoms with van der Waals surface area (Å²) in [5.41, 5.74) is 5.86. The lowest BCUT2D eigenvalue weighted by atomic mass is 10.0. The molecule has 0 bridgehead atoms. The topological polar surface area (TPSA) is 73.2 Å². The van der Waals surface area contributed by atoms with Crippen LogP contribution in [0.4, 0.5) is 17.1 Å². The van der Waals surface area contributed by atoms with Crippen LogP contribution in [0.25, 0.3) is 0 Å². The average molecular weight is 456 g/mol. The first kappa shape index (κ1) is 23.1. The summed E-state index contributed by atoms with van der Waals surface area (Å²) in [7, 11) is 0. The highest BCUT2D eigenvalue weighted by atomic mass is 16.5. The number of nitrogens with zero attached hydrogens (tertiary/aromatic N) is 1. The fourth-order valence-electron chi connectivity index (χ4n) is 4.08. The molecule has 0 amide bonds. The smallest absolute Gasteiger partial charge is 0.169 e. The molecule has 3 N–H and O–H groups in total. The second-order valence-electron chi connectivity index (χ2n) is 8.58. The number of hydrogen-bond acceptors (Lipinski definition) is 5. The van der Waals surface area contributed by atoms with E-state index in [-0.39, 0.29) is 17.2 Å². The summed E-state index contributed by atoms with van der Waals surface area (Å²) in [6.45, 7) is 9.26. The van der Waals surface area contributed by atoms with E-state index in [0.29, 0.717) is 33.9 Å². The van der Waals surface area contributed by atoms with Crippen molar-refractivity contribution in [1.29, 1.82) is 0 Å². The molecular weight excluding hydrogens is 426 g/mol. The van der Waals surface area contributed by atoms with Gasteiger partial charge in [0.05, 0.1) is 17.1 Å². The molecular formula is C29H29NO4. The number of rotatable bonds is 5. The maximum atomic E-state index is 10.7. The molecule has 5 nitrogen and oxygen atoms in total. The summed E-state index contributed by atoms with van der Waals surface area (Å²) in [4.78, 5) is 1.96. The van der Waals surface area contributed by atoms with Gasteiger partial charge < -0.3 is 25.0 Å². The quantitative estimate of drug-likeness (QED) is 0.289. The summed E-state index contributed by atoms with van der Waals surface area (Å²) < 4.78 is 6.22. The van der Waals surface area contributed by atoms with E-state index >= 15 is 0 Å². The third-order valence-corrected chi connectivity index (χ3v) is 6.22. The second-order valence-corrected chi connectivity index (χ2v) is 8.58. The lowest BCUT2D eigenvalue weighted by Gasteiger charge is -2.30. The van der Waals surface area contributed by atoms with E-state index in [1.807, 2.05) is 100 Å². The van der Waals surface area contributed by atoms with Gasteiger partial charge in [0.2, 0.25) is 0 Å². The molecule has 4 rings (SSSR count). The number of benzene rings is 4. The van der Waals surface area contributed by atoms with Gasteiger partial charge in [-0.15, -0.1) is 0 Å². The van der Waals surface area contributed by atoms with E-state index in [0.717, 1.165) is 22.5 Å². The minimum atomic E-state index is 0.0807. The standard InChI is InChI=1S/C29H29NO4/c1-17-9-8-12-26(29(17)33)34-25-11-7-6-10-24(25)30(22-15-13-18(2)27(31)20(22)4)23-16-14-19(3)28(32)21(23)5/h6-16,31-33H,1-5H3. The molecule has 0 aromatic heterocycles. The third kappa shape index (κ3) is 4.01. The predicted molar refractivity (Wildman–Crippen MR) is 136 cm³/mol. The predicted octanol–water partition coefficient (Wildman–Crippen LogP) is 7.61. The molecule has 5 heteroatoms. The average Bonchev–Trinajstić information content (AvgIpc) is 2.82. The van der Waals surface area contributed by atoms with Crippen molar-refractivity contribution in [1.82, 2.24) is 0 Å². The fourth-order valence-corrected chi connectivity index (χ4v) is 4.08. The van der Waals surface area contributed by atoms with E-state index in [4.69, 9.17) is 4.74 Å². The van der Waals surface area contributed by atoms with Crippen LogP contribution in [0.15, 0.2) is 66.7 Å². The van der Waals surface area contributed by atoms with Crippen LogP contribution in [0.1, 0.15) is 27.8 Å². The van der Waals surface area contributed by atoms with Gasteiger partial charge in [0.15, 0.2) is 17.2 Å². The number of para-hydroxylation sites is 3. The molecule has 0 fully saturated rings. The van der Waals surface area contributed by atoms with Gasteiger partial charge in [-0.3, -0.25) is 0 Å². The first-order chi connectivity index (χ1) is 16.2. The van der Waals surface area contributed by atoms with E-state index in [9.17, 15) is 15.3 Å². The monoisotopic (exact) mass is 455 g/mol. The summed E-state index contributed by atoms with van der Waals surface area (Å²) >= 11 is 0. The molecule has 4 aromatic carbocycles. The van der Waals surface area contributed by atoms with Gasteiger partial charge >= 0.3 is 0 Å². The number of anilines is 3. The molecule has 34 heavy (non-hydrogen) atoms. The van der Waals surface area contributed by atoms with Crippen LogP contribution >= 0.6 is 0 Å². The van der Waals surface area contributed by atoms with Crippen LogP contribution in [-0.2, 0) is 0 Å². The Bertz CT molecular complexity index is 1320. The summed E-state index contributed by atoms with van der Waals surface area (Å²) in [6.07, 6.45) is 0. The van der Waals surface area contributed by atoms with Crippen LogP contribution in [0.2, 0.25) is 0 Å². The highest BCUT2D eigenvalue weighted by Gasteiger charge is 2.24.